The van der Waals surface area contributed by atoms with E-state index in [-0.39, 0.29) is 5.69 Å². The Hall–Kier alpha value is -1.69. The molecule has 1 saturated heterocycles. The van der Waals surface area contributed by atoms with E-state index >= 15 is 0 Å². The van der Waals surface area contributed by atoms with Gasteiger partial charge in [-0.25, -0.2) is 4.98 Å². The van der Waals surface area contributed by atoms with Gasteiger partial charge in [0.2, 0.25) is 5.88 Å². The van der Waals surface area contributed by atoms with Gasteiger partial charge in [0.25, 0.3) is 5.69 Å². The van der Waals surface area contributed by atoms with Crippen molar-refractivity contribution in [2.24, 2.45) is 0 Å². The third kappa shape index (κ3) is 4.48. The van der Waals surface area contributed by atoms with Crippen LogP contribution in [0.1, 0.15) is 32.1 Å². The number of nitrogens with zero attached hydrogens (tertiary/aromatic N) is 2. The van der Waals surface area contributed by atoms with Crippen LogP contribution in [0.5, 0.6) is 5.88 Å². The zero-order valence-corrected chi connectivity index (χ0v) is 10.9. The average Bonchev–Trinajstić information content (AvgIpc) is 2.45. The quantitative estimate of drug-likeness (QED) is 0.485. The predicted octanol–water partition coefficient (Wildman–Crippen LogP) is 2.29. The normalized spacial score (nSPS) is 19.1. The molecule has 1 N–H and O–H groups in total. The first-order valence-electron chi connectivity index (χ1n) is 6.72. The SMILES string of the molecule is O=[N+]([O-])c1ccc(OCCCC2CCCCN2)nc1. The van der Waals surface area contributed by atoms with Crippen LogP contribution in [0.25, 0.3) is 0 Å². The van der Waals surface area contributed by atoms with Crippen LogP contribution < -0.4 is 10.1 Å². The molecule has 0 saturated carbocycles. The summed E-state index contributed by atoms with van der Waals surface area (Å²) in [7, 11) is 0. The van der Waals surface area contributed by atoms with Crippen molar-refractivity contribution in [2.45, 2.75) is 38.1 Å². The Morgan fingerprint density at radius 2 is 2.37 bits per heavy atom. The molecule has 0 bridgehead atoms. The van der Waals surface area contributed by atoms with Crippen molar-refractivity contribution in [3.8, 4) is 5.88 Å². The van der Waals surface area contributed by atoms with Gasteiger partial charge in [0.15, 0.2) is 0 Å². The molecule has 0 aromatic carbocycles. The van der Waals surface area contributed by atoms with Crippen LogP contribution in [0, 0.1) is 10.1 Å². The van der Waals surface area contributed by atoms with Gasteiger partial charge in [0.1, 0.15) is 6.20 Å². The number of rotatable bonds is 6. The number of aromatic nitrogens is 1. The van der Waals surface area contributed by atoms with Crippen molar-refractivity contribution in [1.82, 2.24) is 10.3 Å². The van der Waals surface area contributed by atoms with Gasteiger partial charge >= 0.3 is 0 Å². The Morgan fingerprint density at radius 3 is 3.00 bits per heavy atom. The molecule has 0 radical (unpaired) electrons. The molecule has 1 aliphatic rings. The highest BCUT2D eigenvalue weighted by atomic mass is 16.6. The molecule has 19 heavy (non-hydrogen) atoms. The van der Waals surface area contributed by atoms with E-state index in [1.165, 1.54) is 37.6 Å². The van der Waals surface area contributed by atoms with Crippen molar-refractivity contribution >= 4 is 5.69 Å². The third-order valence-electron chi connectivity index (χ3n) is 3.29. The van der Waals surface area contributed by atoms with Crippen LogP contribution >= 0.6 is 0 Å². The van der Waals surface area contributed by atoms with Gasteiger partial charge in [-0.05, 0) is 32.2 Å². The molecule has 6 heteroatoms. The Morgan fingerprint density at radius 1 is 1.47 bits per heavy atom. The molecule has 1 unspecified atom stereocenters. The number of nitro groups is 1. The summed E-state index contributed by atoms with van der Waals surface area (Å²) in [6.45, 7) is 1.72. The largest absolute Gasteiger partial charge is 0.478 e. The lowest BCUT2D eigenvalue weighted by molar-refractivity contribution is -0.385. The van der Waals surface area contributed by atoms with Gasteiger partial charge in [-0.2, -0.15) is 0 Å². The van der Waals surface area contributed by atoms with E-state index < -0.39 is 4.92 Å². The summed E-state index contributed by atoms with van der Waals surface area (Å²) in [5.41, 5.74) is -0.0150. The summed E-state index contributed by atoms with van der Waals surface area (Å²) < 4.78 is 5.47. The first-order valence-corrected chi connectivity index (χ1v) is 6.72. The molecule has 1 fully saturated rings. The third-order valence-corrected chi connectivity index (χ3v) is 3.29. The van der Waals surface area contributed by atoms with E-state index in [4.69, 9.17) is 4.74 Å². The van der Waals surface area contributed by atoms with Crippen LogP contribution in [0.3, 0.4) is 0 Å². The second-order valence-electron chi connectivity index (χ2n) is 4.75. The summed E-state index contributed by atoms with van der Waals surface area (Å²) in [5.74, 6) is 0.446. The van der Waals surface area contributed by atoms with Crippen molar-refractivity contribution < 1.29 is 9.66 Å². The number of piperidine rings is 1. The first kappa shape index (κ1) is 13.7. The maximum absolute atomic E-state index is 10.5. The van der Waals surface area contributed by atoms with Gasteiger partial charge in [-0.1, -0.05) is 6.42 Å². The molecule has 1 aliphatic heterocycles. The van der Waals surface area contributed by atoms with E-state index in [0.29, 0.717) is 18.5 Å². The minimum absolute atomic E-state index is 0.0150. The molecule has 6 nitrogen and oxygen atoms in total. The minimum Gasteiger partial charge on any atom is -0.478 e. The van der Waals surface area contributed by atoms with E-state index in [0.717, 1.165) is 19.4 Å². The topological polar surface area (TPSA) is 77.3 Å². The summed E-state index contributed by atoms with van der Waals surface area (Å²) in [4.78, 5) is 13.9. The molecule has 104 valence electrons. The number of hydrogen-bond donors (Lipinski definition) is 1. The molecule has 0 amide bonds. The second-order valence-corrected chi connectivity index (χ2v) is 4.75. The molecule has 1 aromatic rings. The zero-order chi connectivity index (χ0) is 13.5. The molecule has 2 rings (SSSR count). The van der Waals surface area contributed by atoms with Crippen LogP contribution in [-0.4, -0.2) is 29.1 Å². The molecule has 0 spiro atoms. The second kappa shape index (κ2) is 7.04. The average molecular weight is 265 g/mol. The number of pyridine rings is 1. The molecular weight excluding hydrogens is 246 g/mol. The fourth-order valence-electron chi connectivity index (χ4n) is 2.24. The fourth-order valence-corrected chi connectivity index (χ4v) is 2.24. The number of ether oxygens (including phenoxy) is 1. The standard InChI is InChI=1S/C13H19N3O3/c17-16(18)12-6-7-13(15-10-12)19-9-3-5-11-4-1-2-8-14-11/h6-7,10-11,14H,1-5,8-9H2. The highest BCUT2D eigenvalue weighted by Crippen LogP contribution is 2.15. The molecule has 1 atom stereocenters. The summed E-state index contributed by atoms with van der Waals surface area (Å²) in [6, 6.07) is 3.56. The van der Waals surface area contributed by atoms with E-state index in [1.807, 2.05) is 0 Å². The van der Waals surface area contributed by atoms with Crippen LogP contribution in [0.2, 0.25) is 0 Å². The number of nitrogens with one attached hydrogen (secondary N) is 1. The summed E-state index contributed by atoms with van der Waals surface area (Å²) in [6.07, 6.45) is 7.12. The molecule has 1 aromatic heterocycles. The lowest BCUT2D eigenvalue weighted by Crippen LogP contribution is -2.34. The van der Waals surface area contributed by atoms with Gasteiger partial charge in [-0.15, -0.1) is 0 Å². The zero-order valence-electron chi connectivity index (χ0n) is 10.9. The molecule has 2 heterocycles. The van der Waals surface area contributed by atoms with Crippen molar-refractivity contribution in [3.05, 3.63) is 28.4 Å². The summed E-state index contributed by atoms with van der Waals surface area (Å²) >= 11 is 0. The maximum atomic E-state index is 10.5. The fraction of sp³-hybridized carbons (Fsp3) is 0.615. The smallest absolute Gasteiger partial charge is 0.287 e. The molecular formula is C13H19N3O3. The lowest BCUT2D eigenvalue weighted by atomic mass is 10.0. The monoisotopic (exact) mass is 265 g/mol. The first-order chi connectivity index (χ1) is 9.25. The van der Waals surface area contributed by atoms with Gasteiger partial charge in [-0.3, -0.25) is 10.1 Å². The van der Waals surface area contributed by atoms with Crippen LogP contribution in [0.15, 0.2) is 18.3 Å². The van der Waals surface area contributed by atoms with Gasteiger partial charge in [0.05, 0.1) is 11.5 Å². The maximum Gasteiger partial charge on any atom is 0.287 e. The van der Waals surface area contributed by atoms with Gasteiger partial charge < -0.3 is 10.1 Å². The van der Waals surface area contributed by atoms with Crippen molar-refractivity contribution in [2.75, 3.05) is 13.2 Å². The van der Waals surface area contributed by atoms with Crippen LogP contribution in [0.4, 0.5) is 5.69 Å². The predicted molar refractivity (Wildman–Crippen MR) is 71.3 cm³/mol. The lowest BCUT2D eigenvalue weighted by Gasteiger charge is -2.23. The highest BCUT2D eigenvalue weighted by Gasteiger charge is 2.11. The van der Waals surface area contributed by atoms with Crippen LogP contribution in [-0.2, 0) is 0 Å². The van der Waals surface area contributed by atoms with E-state index in [9.17, 15) is 10.1 Å². The van der Waals surface area contributed by atoms with Gasteiger partial charge in [0, 0.05) is 18.2 Å². The Bertz CT molecular complexity index is 402. The van der Waals surface area contributed by atoms with E-state index in [2.05, 4.69) is 10.3 Å². The van der Waals surface area contributed by atoms with Crippen molar-refractivity contribution in [3.63, 3.8) is 0 Å². The highest BCUT2D eigenvalue weighted by molar-refractivity contribution is 5.28. The molecule has 0 aliphatic carbocycles. The van der Waals surface area contributed by atoms with E-state index in [1.54, 1.807) is 0 Å². The van der Waals surface area contributed by atoms with Crippen molar-refractivity contribution in [1.29, 1.82) is 0 Å². The Labute approximate surface area is 112 Å². The summed E-state index contributed by atoms with van der Waals surface area (Å²) in [5, 5.41) is 14.0. The Balaban J connectivity index is 1.66. The minimum atomic E-state index is -0.467. The Kier molecular flexibility index (Phi) is 5.09. The number of hydrogen-bond acceptors (Lipinski definition) is 5.